The third kappa shape index (κ3) is 4.29. The van der Waals surface area contributed by atoms with E-state index in [0.717, 1.165) is 28.9 Å². The largest absolute Gasteiger partial charge is 0.496 e. The molecule has 1 heterocycles. The molecular weight excluding hydrogens is 328 g/mol. The predicted octanol–water partition coefficient (Wildman–Crippen LogP) is 4.05. The number of hydrogen-bond acceptors (Lipinski definition) is 3. The lowest BCUT2D eigenvalue weighted by Crippen LogP contribution is -2.24. The van der Waals surface area contributed by atoms with Gasteiger partial charge in [0.2, 0.25) is 0 Å². The molecule has 0 aliphatic rings. The first-order valence-electron chi connectivity index (χ1n) is 7.12. The number of methoxy groups -OCH3 is 1. The third-order valence-electron chi connectivity index (χ3n) is 3.41. The topological polar surface area (TPSA) is 34.2 Å². The molecule has 0 saturated carbocycles. The number of hydrogen-bond donors (Lipinski definition) is 1. The van der Waals surface area contributed by atoms with E-state index in [4.69, 9.17) is 4.74 Å². The molecule has 1 aromatic heterocycles. The molecule has 21 heavy (non-hydrogen) atoms. The van der Waals surface area contributed by atoms with E-state index in [1.165, 1.54) is 11.1 Å². The molecule has 1 aromatic carbocycles. The quantitative estimate of drug-likeness (QED) is 0.854. The summed E-state index contributed by atoms with van der Waals surface area (Å²) in [7, 11) is 1.72. The summed E-state index contributed by atoms with van der Waals surface area (Å²) in [5.41, 5.74) is 3.48. The van der Waals surface area contributed by atoms with Crippen molar-refractivity contribution in [2.45, 2.75) is 26.3 Å². The van der Waals surface area contributed by atoms with Crippen molar-refractivity contribution >= 4 is 15.9 Å². The van der Waals surface area contributed by atoms with Gasteiger partial charge in [0.1, 0.15) is 5.75 Å². The maximum absolute atomic E-state index is 5.52. The van der Waals surface area contributed by atoms with Gasteiger partial charge in [-0.2, -0.15) is 0 Å². The maximum atomic E-state index is 5.52. The fourth-order valence-corrected chi connectivity index (χ4v) is 2.64. The second-order valence-corrected chi connectivity index (χ2v) is 5.94. The Morgan fingerprint density at radius 1 is 1.29 bits per heavy atom. The molecule has 0 amide bonds. The summed E-state index contributed by atoms with van der Waals surface area (Å²) in [6.07, 6.45) is 2.67. The Balaban J connectivity index is 2.30. The number of nitrogens with zero attached hydrogens (tertiary/aromatic N) is 1. The Morgan fingerprint density at radius 3 is 2.71 bits per heavy atom. The number of aromatic nitrogens is 1. The number of rotatable bonds is 6. The van der Waals surface area contributed by atoms with Crippen LogP contribution < -0.4 is 10.1 Å². The van der Waals surface area contributed by atoms with Gasteiger partial charge in [-0.3, -0.25) is 4.98 Å². The van der Waals surface area contributed by atoms with Crippen molar-refractivity contribution in [3.8, 4) is 5.75 Å². The summed E-state index contributed by atoms with van der Waals surface area (Å²) < 4.78 is 6.52. The van der Waals surface area contributed by atoms with E-state index >= 15 is 0 Å². The number of halogens is 1. The van der Waals surface area contributed by atoms with Crippen LogP contribution in [0.2, 0.25) is 0 Å². The Labute approximate surface area is 134 Å². The average Bonchev–Trinajstić information content (AvgIpc) is 2.49. The van der Waals surface area contributed by atoms with Crippen LogP contribution in [0.15, 0.2) is 41.0 Å². The molecule has 0 saturated heterocycles. The molecule has 2 rings (SSSR count). The Hall–Kier alpha value is -1.39. The van der Waals surface area contributed by atoms with Crippen LogP contribution in [0.4, 0.5) is 0 Å². The van der Waals surface area contributed by atoms with Gasteiger partial charge in [-0.05, 0) is 47.6 Å². The molecule has 0 fully saturated rings. The van der Waals surface area contributed by atoms with Crippen molar-refractivity contribution in [2.24, 2.45) is 0 Å². The number of benzene rings is 1. The van der Waals surface area contributed by atoms with E-state index in [2.05, 4.69) is 58.3 Å². The highest BCUT2D eigenvalue weighted by Crippen LogP contribution is 2.28. The van der Waals surface area contributed by atoms with E-state index in [1.54, 1.807) is 7.11 Å². The second-order valence-electron chi connectivity index (χ2n) is 5.03. The first-order chi connectivity index (χ1) is 10.1. The minimum absolute atomic E-state index is 0.193. The standard InChI is InChI=1S/C17H21BrN2O/c1-4-19-16(10-14-7-6-13(18)11-20-14)15-9-12(2)5-8-17(15)21-3/h5-9,11,16,19H,4,10H2,1-3H3. The van der Waals surface area contributed by atoms with Crippen molar-refractivity contribution in [1.82, 2.24) is 10.3 Å². The molecule has 0 spiro atoms. The van der Waals surface area contributed by atoms with Gasteiger partial charge in [0.05, 0.1) is 7.11 Å². The zero-order chi connectivity index (χ0) is 15.2. The van der Waals surface area contributed by atoms with E-state index in [-0.39, 0.29) is 6.04 Å². The van der Waals surface area contributed by atoms with Crippen LogP contribution in [-0.2, 0) is 6.42 Å². The van der Waals surface area contributed by atoms with Crippen LogP contribution in [0.1, 0.15) is 29.8 Å². The molecule has 0 aliphatic carbocycles. The molecule has 1 N–H and O–H groups in total. The van der Waals surface area contributed by atoms with Crippen molar-refractivity contribution in [3.05, 3.63) is 57.8 Å². The molecule has 0 bridgehead atoms. The van der Waals surface area contributed by atoms with Gasteiger partial charge in [0.25, 0.3) is 0 Å². The summed E-state index contributed by atoms with van der Waals surface area (Å²) in [6, 6.07) is 10.6. The molecule has 112 valence electrons. The van der Waals surface area contributed by atoms with Crippen molar-refractivity contribution in [1.29, 1.82) is 0 Å². The maximum Gasteiger partial charge on any atom is 0.123 e. The van der Waals surface area contributed by atoms with Crippen LogP contribution >= 0.6 is 15.9 Å². The minimum atomic E-state index is 0.193. The minimum Gasteiger partial charge on any atom is -0.496 e. The number of pyridine rings is 1. The van der Waals surface area contributed by atoms with Gasteiger partial charge in [-0.15, -0.1) is 0 Å². The highest BCUT2D eigenvalue weighted by Gasteiger charge is 2.16. The SMILES string of the molecule is CCNC(Cc1ccc(Br)cn1)c1cc(C)ccc1OC. The van der Waals surface area contributed by atoms with E-state index < -0.39 is 0 Å². The monoisotopic (exact) mass is 348 g/mol. The normalized spacial score (nSPS) is 12.2. The fraction of sp³-hybridized carbons (Fsp3) is 0.353. The van der Waals surface area contributed by atoms with Crippen LogP contribution in [-0.4, -0.2) is 18.6 Å². The van der Waals surface area contributed by atoms with Crippen molar-refractivity contribution in [2.75, 3.05) is 13.7 Å². The van der Waals surface area contributed by atoms with Gasteiger partial charge in [-0.25, -0.2) is 0 Å². The lowest BCUT2D eigenvalue weighted by Gasteiger charge is -2.21. The Morgan fingerprint density at radius 2 is 2.10 bits per heavy atom. The number of nitrogens with one attached hydrogen (secondary N) is 1. The molecule has 4 heteroatoms. The van der Waals surface area contributed by atoms with Gasteiger partial charge in [-0.1, -0.05) is 24.6 Å². The third-order valence-corrected chi connectivity index (χ3v) is 3.88. The van der Waals surface area contributed by atoms with Gasteiger partial charge < -0.3 is 10.1 Å². The molecule has 1 atom stereocenters. The number of likely N-dealkylation sites (N-methyl/N-ethyl adjacent to an activating group) is 1. The number of aryl methyl sites for hydroxylation is 1. The van der Waals surface area contributed by atoms with E-state index in [9.17, 15) is 0 Å². The summed E-state index contributed by atoms with van der Waals surface area (Å²) >= 11 is 3.42. The highest BCUT2D eigenvalue weighted by molar-refractivity contribution is 9.10. The highest BCUT2D eigenvalue weighted by atomic mass is 79.9. The van der Waals surface area contributed by atoms with Crippen molar-refractivity contribution < 1.29 is 4.74 Å². The first kappa shape index (κ1) is 16.0. The van der Waals surface area contributed by atoms with Crippen molar-refractivity contribution in [3.63, 3.8) is 0 Å². The fourth-order valence-electron chi connectivity index (χ4n) is 2.40. The van der Waals surface area contributed by atoms with Crippen LogP contribution in [0.5, 0.6) is 5.75 Å². The summed E-state index contributed by atoms with van der Waals surface area (Å²) in [6.45, 7) is 5.12. The molecule has 2 aromatic rings. The Kier molecular flexibility index (Phi) is 5.76. The first-order valence-corrected chi connectivity index (χ1v) is 7.91. The van der Waals surface area contributed by atoms with Crippen LogP contribution in [0.25, 0.3) is 0 Å². The number of ether oxygens (including phenoxy) is 1. The zero-order valence-corrected chi connectivity index (χ0v) is 14.3. The second kappa shape index (κ2) is 7.57. The molecular formula is C17H21BrN2O. The van der Waals surface area contributed by atoms with Gasteiger partial charge >= 0.3 is 0 Å². The Bertz CT molecular complexity index is 584. The zero-order valence-electron chi connectivity index (χ0n) is 12.7. The average molecular weight is 349 g/mol. The smallest absolute Gasteiger partial charge is 0.123 e. The molecule has 3 nitrogen and oxygen atoms in total. The lowest BCUT2D eigenvalue weighted by molar-refractivity contribution is 0.398. The summed E-state index contributed by atoms with van der Waals surface area (Å²) in [4.78, 5) is 4.48. The summed E-state index contributed by atoms with van der Waals surface area (Å²) in [5.74, 6) is 0.920. The van der Waals surface area contributed by atoms with Gasteiger partial charge in [0, 0.05) is 34.4 Å². The lowest BCUT2D eigenvalue weighted by atomic mass is 9.98. The van der Waals surface area contributed by atoms with E-state index in [0.29, 0.717) is 0 Å². The summed E-state index contributed by atoms with van der Waals surface area (Å²) in [5, 5.41) is 3.53. The predicted molar refractivity (Wildman–Crippen MR) is 89.8 cm³/mol. The van der Waals surface area contributed by atoms with Gasteiger partial charge in [0.15, 0.2) is 0 Å². The van der Waals surface area contributed by atoms with Crippen LogP contribution in [0, 0.1) is 6.92 Å². The molecule has 1 unspecified atom stereocenters. The molecule has 0 aliphatic heterocycles. The van der Waals surface area contributed by atoms with E-state index in [1.807, 2.05) is 18.3 Å². The molecule has 0 radical (unpaired) electrons. The van der Waals surface area contributed by atoms with Crippen LogP contribution in [0.3, 0.4) is 0 Å².